The van der Waals surface area contributed by atoms with Gasteiger partial charge in [0.1, 0.15) is 17.0 Å². The molecule has 0 atom stereocenters. The number of nitrogens with zero attached hydrogens (tertiary/aromatic N) is 1. The zero-order valence-electron chi connectivity index (χ0n) is 16.0. The number of hydrogen-bond donors (Lipinski definition) is 1. The van der Waals surface area contributed by atoms with Crippen molar-refractivity contribution in [3.63, 3.8) is 0 Å². The third kappa shape index (κ3) is 8.98. The number of rotatable bonds is 5. The van der Waals surface area contributed by atoms with Crippen molar-refractivity contribution in [1.82, 2.24) is 4.90 Å². The van der Waals surface area contributed by atoms with E-state index in [-0.39, 0.29) is 31.2 Å². The summed E-state index contributed by atoms with van der Waals surface area (Å²) in [5, 5.41) is 9.37. The van der Waals surface area contributed by atoms with Crippen LogP contribution in [-0.4, -0.2) is 39.8 Å². The molecule has 0 fully saturated rings. The zero-order chi connectivity index (χ0) is 19.3. The third-order valence-electron chi connectivity index (χ3n) is 2.97. The summed E-state index contributed by atoms with van der Waals surface area (Å²) in [5.41, 5.74) is -0.367. The average Bonchev–Trinajstić information content (AvgIpc) is 2.41. The molecule has 0 saturated carbocycles. The first kappa shape index (κ1) is 20.8. The smallest absolute Gasteiger partial charge is 0.410 e. The van der Waals surface area contributed by atoms with Crippen LogP contribution in [0.25, 0.3) is 0 Å². The predicted octanol–water partition coefficient (Wildman–Crippen LogP) is 3.86. The Morgan fingerprint density at radius 2 is 1.48 bits per heavy atom. The van der Waals surface area contributed by atoms with Crippen molar-refractivity contribution in [2.45, 2.75) is 65.7 Å². The summed E-state index contributed by atoms with van der Waals surface area (Å²) in [6, 6.07) is 6.55. The van der Waals surface area contributed by atoms with Crippen LogP contribution in [0.1, 0.15) is 53.5 Å². The molecule has 0 aliphatic heterocycles. The maximum absolute atomic E-state index is 12.4. The van der Waals surface area contributed by atoms with Gasteiger partial charge in [0.25, 0.3) is 0 Å². The summed E-state index contributed by atoms with van der Waals surface area (Å²) in [5.74, 6) is -0.215. The molecule has 0 saturated heterocycles. The van der Waals surface area contributed by atoms with E-state index in [1.165, 1.54) is 4.90 Å². The van der Waals surface area contributed by atoms with Gasteiger partial charge < -0.3 is 19.5 Å². The minimum Gasteiger partial charge on any atom is -0.508 e. The number of benzene rings is 1. The molecule has 1 aromatic carbocycles. The number of carbonyl (C=O) groups is 2. The Labute approximate surface area is 149 Å². The molecular weight excluding hydrogens is 322 g/mol. The molecular formula is C19H29NO5. The molecule has 1 amide bonds. The van der Waals surface area contributed by atoms with Crippen molar-refractivity contribution in [3.8, 4) is 5.75 Å². The number of hydrogen-bond acceptors (Lipinski definition) is 5. The van der Waals surface area contributed by atoms with Crippen LogP contribution in [-0.2, 0) is 20.8 Å². The Bertz CT molecular complexity index is 581. The molecule has 0 unspecified atom stereocenters. The van der Waals surface area contributed by atoms with E-state index in [2.05, 4.69) is 0 Å². The molecule has 0 aliphatic rings. The fraction of sp³-hybridized carbons (Fsp3) is 0.579. The number of phenolic OH excluding ortho intramolecular Hbond substituents is 1. The van der Waals surface area contributed by atoms with Gasteiger partial charge in [-0.3, -0.25) is 4.79 Å². The Morgan fingerprint density at radius 1 is 0.960 bits per heavy atom. The van der Waals surface area contributed by atoms with Crippen LogP contribution < -0.4 is 0 Å². The van der Waals surface area contributed by atoms with E-state index in [9.17, 15) is 14.7 Å². The molecule has 0 spiro atoms. The average molecular weight is 351 g/mol. The van der Waals surface area contributed by atoms with E-state index in [0.717, 1.165) is 5.56 Å². The van der Waals surface area contributed by atoms with Crippen molar-refractivity contribution in [2.24, 2.45) is 0 Å². The van der Waals surface area contributed by atoms with Gasteiger partial charge >= 0.3 is 12.1 Å². The Balaban J connectivity index is 2.78. The zero-order valence-corrected chi connectivity index (χ0v) is 16.0. The largest absolute Gasteiger partial charge is 0.508 e. The number of esters is 1. The minimum atomic E-state index is -0.629. The molecule has 0 bridgehead atoms. The standard InChI is InChI=1S/C19H29NO5/c1-18(2,3)24-16(22)11-12-20(17(23)25-19(4,5)6)13-14-7-9-15(21)10-8-14/h7-10,21H,11-13H2,1-6H3. The number of phenols is 1. The van der Waals surface area contributed by atoms with Gasteiger partial charge in [-0.15, -0.1) is 0 Å². The monoisotopic (exact) mass is 351 g/mol. The highest BCUT2D eigenvalue weighted by Crippen LogP contribution is 2.16. The summed E-state index contributed by atoms with van der Waals surface area (Å²) in [4.78, 5) is 25.8. The summed E-state index contributed by atoms with van der Waals surface area (Å²) < 4.78 is 10.7. The molecule has 0 aromatic heterocycles. The summed E-state index contributed by atoms with van der Waals surface area (Å²) >= 11 is 0. The first-order valence-corrected chi connectivity index (χ1v) is 8.33. The Kier molecular flexibility index (Phi) is 6.85. The van der Waals surface area contributed by atoms with E-state index in [4.69, 9.17) is 9.47 Å². The molecule has 0 heterocycles. The summed E-state index contributed by atoms with van der Waals surface area (Å²) in [6.07, 6.45) is -0.418. The second-order valence-corrected chi connectivity index (χ2v) is 7.90. The van der Waals surface area contributed by atoms with Crippen molar-refractivity contribution in [2.75, 3.05) is 6.54 Å². The quantitative estimate of drug-likeness (QED) is 0.815. The van der Waals surface area contributed by atoms with Crippen LogP contribution in [0.2, 0.25) is 0 Å². The van der Waals surface area contributed by atoms with Gasteiger partial charge in [0.05, 0.1) is 6.42 Å². The Hall–Kier alpha value is -2.24. The molecule has 1 rings (SSSR count). The van der Waals surface area contributed by atoms with E-state index < -0.39 is 17.3 Å². The lowest BCUT2D eigenvalue weighted by Gasteiger charge is -2.28. The van der Waals surface area contributed by atoms with E-state index >= 15 is 0 Å². The van der Waals surface area contributed by atoms with Crippen LogP contribution >= 0.6 is 0 Å². The minimum absolute atomic E-state index is 0.0780. The van der Waals surface area contributed by atoms with Crippen LogP contribution in [0.15, 0.2) is 24.3 Å². The number of aromatic hydroxyl groups is 1. The SMILES string of the molecule is CC(C)(C)OC(=O)CCN(Cc1ccc(O)cc1)C(=O)OC(C)(C)C. The lowest BCUT2D eigenvalue weighted by atomic mass is 10.2. The van der Waals surface area contributed by atoms with Crippen LogP contribution in [0.3, 0.4) is 0 Å². The first-order chi connectivity index (χ1) is 11.4. The predicted molar refractivity (Wildman–Crippen MR) is 95.2 cm³/mol. The molecule has 1 aromatic rings. The van der Waals surface area contributed by atoms with Gasteiger partial charge in [-0.05, 0) is 59.2 Å². The molecule has 0 aliphatic carbocycles. The normalized spacial score (nSPS) is 11.8. The maximum Gasteiger partial charge on any atom is 0.410 e. The number of ether oxygens (including phenoxy) is 2. The van der Waals surface area contributed by atoms with Crippen LogP contribution in [0, 0.1) is 0 Å². The molecule has 25 heavy (non-hydrogen) atoms. The summed E-state index contributed by atoms with van der Waals surface area (Å²) in [7, 11) is 0. The van der Waals surface area contributed by atoms with Crippen LogP contribution in [0.4, 0.5) is 4.79 Å². The van der Waals surface area contributed by atoms with E-state index in [1.54, 1.807) is 65.8 Å². The lowest BCUT2D eigenvalue weighted by molar-refractivity contribution is -0.155. The van der Waals surface area contributed by atoms with Crippen molar-refractivity contribution in [3.05, 3.63) is 29.8 Å². The second kappa shape index (κ2) is 8.23. The molecule has 6 heteroatoms. The van der Waals surface area contributed by atoms with Gasteiger partial charge in [0.15, 0.2) is 0 Å². The van der Waals surface area contributed by atoms with Crippen molar-refractivity contribution >= 4 is 12.1 Å². The summed E-state index contributed by atoms with van der Waals surface area (Å²) in [6.45, 7) is 11.2. The van der Waals surface area contributed by atoms with Crippen LogP contribution in [0.5, 0.6) is 5.75 Å². The third-order valence-corrected chi connectivity index (χ3v) is 2.97. The highest BCUT2D eigenvalue weighted by Gasteiger charge is 2.24. The van der Waals surface area contributed by atoms with Crippen molar-refractivity contribution < 1.29 is 24.2 Å². The molecule has 140 valence electrons. The Morgan fingerprint density at radius 3 is 1.96 bits per heavy atom. The van der Waals surface area contributed by atoms with E-state index in [0.29, 0.717) is 0 Å². The number of amides is 1. The second-order valence-electron chi connectivity index (χ2n) is 7.90. The molecule has 0 radical (unpaired) electrons. The van der Waals surface area contributed by atoms with Crippen molar-refractivity contribution in [1.29, 1.82) is 0 Å². The lowest BCUT2D eigenvalue weighted by Crippen LogP contribution is -2.38. The van der Waals surface area contributed by atoms with Gasteiger partial charge in [0, 0.05) is 13.1 Å². The van der Waals surface area contributed by atoms with E-state index in [1.807, 2.05) is 0 Å². The number of carbonyl (C=O) groups excluding carboxylic acids is 2. The fourth-order valence-electron chi connectivity index (χ4n) is 2.00. The van der Waals surface area contributed by atoms with Gasteiger partial charge in [-0.25, -0.2) is 4.79 Å². The maximum atomic E-state index is 12.4. The van der Waals surface area contributed by atoms with Gasteiger partial charge in [0.2, 0.25) is 0 Å². The molecule has 1 N–H and O–H groups in total. The highest BCUT2D eigenvalue weighted by atomic mass is 16.6. The fourth-order valence-corrected chi connectivity index (χ4v) is 2.00. The molecule has 6 nitrogen and oxygen atoms in total. The van der Waals surface area contributed by atoms with Gasteiger partial charge in [-0.1, -0.05) is 12.1 Å². The highest BCUT2D eigenvalue weighted by molar-refractivity contribution is 5.72. The first-order valence-electron chi connectivity index (χ1n) is 8.33. The van der Waals surface area contributed by atoms with Gasteiger partial charge in [-0.2, -0.15) is 0 Å². The topological polar surface area (TPSA) is 76.1 Å².